The lowest BCUT2D eigenvalue weighted by molar-refractivity contribution is -0.139. The van der Waals surface area contributed by atoms with Gasteiger partial charge >= 0.3 is 11.9 Å². The van der Waals surface area contributed by atoms with Crippen LogP contribution >= 0.6 is 11.3 Å². The number of fused-ring (bicyclic) bond motifs is 1. The molecule has 0 aliphatic carbocycles. The van der Waals surface area contributed by atoms with Crippen molar-refractivity contribution in [3.05, 3.63) is 114 Å². The second kappa shape index (κ2) is 12.8. The largest absolute Gasteiger partial charge is 0.465 e. The van der Waals surface area contributed by atoms with Crippen molar-refractivity contribution >= 4 is 29.4 Å². The van der Waals surface area contributed by atoms with E-state index in [-0.39, 0.29) is 12.2 Å². The van der Waals surface area contributed by atoms with Gasteiger partial charge in [0.15, 0.2) is 4.80 Å². The molecule has 0 fully saturated rings. The van der Waals surface area contributed by atoms with E-state index in [1.165, 1.54) is 18.4 Å². The molecule has 0 amide bonds. The molecule has 1 atom stereocenters. The first kappa shape index (κ1) is 30.0. The van der Waals surface area contributed by atoms with Crippen molar-refractivity contribution in [2.75, 3.05) is 13.7 Å². The Morgan fingerprint density at radius 1 is 1.07 bits per heavy atom. The number of ether oxygens (including phenoxy) is 2. The van der Waals surface area contributed by atoms with Crippen LogP contribution < -0.4 is 14.9 Å². The summed E-state index contributed by atoms with van der Waals surface area (Å²) in [5, 5.41) is 0. The topological polar surface area (TPSA) is 100 Å². The number of furan rings is 1. The van der Waals surface area contributed by atoms with Gasteiger partial charge in [-0.2, -0.15) is 0 Å². The van der Waals surface area contributed by atoms with Crippen molar-refractivity contribution in [3.63, 3.8) is 0 Å². The average Bonchev–Trinajstić information content (AvgIpc) is 3.60. The average molecular weight is 599 g/mol. The van der Waals surface area contributed by atoms with E-state index < -0.39 is 18.0 Å². The number of benzene rings is 2. The van der Waals surface area contributed by atoms with Gasteiger partial charge < -0.3 is 13.9 Å². The zero-order valence-electron chi connectivity index (χ0n) is 24.9. The van der Waals surface area contributed by atoms with Crippen LogP contribution in [-0.4, -0.2) is 30.2 Å². The number of methoxy groups -OCH3 is 1. The van der Waals surface area contributed by atoms with Crippen LogP contribution in [0.25, 0.3) is 17.4 Å². The zero-order chi connectivity index (χ0) is 30.7. The lowest BCUT2D eigenvalue weighted by Crippen LogP contribution is -2.40. The van der Waals surface area contributed by atoms with Gasteiger partial charge in [-0.25, -0.2) is 14.6 Å². The zero-order valence-corrected chi connectivity index (χ0v) is 25.7. The maximum absolute atomic E-state index is 14.0. The fraction of sp³-hybridized carbons (Fsp3) is 0.294. The summed E-state index contributed by atoms with van der Waals surface area (Å²) in [6, 6.07) is 17.9. The third-order valence-electron chi connectivity index (χ3n) is 7.28. The highest BCUT2D eigenvalue weighted by Crippen LogP contribution is 2.33. The smallest absolute Gasteiger partial charge is 0.338 e. The van der Waals surface area contributed by atoms with Crippen molar-refractivity contribution in [1.82, 2.24) is 4.57 Å². The minimum absolute atomic E-state index is 0.217. The molecule has 3 heterocycles. The molecule has 8 nitrogen and oxygen atoms in total. The van der Waals surface area contributed by atoms with Gasteiger partial charge in [-0.15, -0.1) is 0 Å². The number of thiazole rings is 1. The number of allylic oxidation sites excluding steroid dienone is 1. The molecule has 43 heavy (non-hydrogen) atoms. The summed E-state index contributed by atoms with van der Waals surface area (Å²) < 4.78 is 18.4. The molecule has 0 radical (unpaired) electrons. The van der Waals surface area contributed by atoms with Gasteiger partial charge in [0, 0.05) is 11.6 Å². The molecule has 0 saturated heterocycles. The molecule has 0 unspecified atom stereocenters. The maximum atomic E-state index is 14.0. The van der Waals surface area contributed by atoms with Gasteiger partial charge in [0.2, 0.25) is 0 Å². The Morgan fingerprint density at radius 3 is 2.51 bits per heavy atom. The lowest BCUT2D eigenvalue weighted by Gasteiger charge is -2.26. The normalized spacial score (nSPS) is 14.9. The third kappa shape index (κ3) is 6.03. The number of aromatic nitrogens is 1. The van der Waals surface area contributed by atoms with Crippen molar-refractivity contribution in [2.45, 2.75) is 52.5 Å². The number of hydrogen-bond acceptors (Lipinski definition) is 8. The van der Waals surface area contributed by atoms with Gasteiger partial charge in [0.05, 0.1) is 41.1 Å². The van der Waals surface area contributed by atoms with Gasteiger partial charge in [-0.3, -0.25) is 9.36 Å². The third-order valence-corrected chi connectivity index (χ3v) is 8.26. The highest BCUT2D eigenvalue weighted by Gasteiger charge is 2.34. The number of carbonyl (C=O) groups excluding carboxylic acids is 2. The molecule has 5 rings (SSSR count). The van der Waals surface area contributed by atoms with E-state index in [4.69, 9.17) is 18.9 Å². The molecular formula is C34H34N2O6S. The first-order chi connectivity index (χ1) is 20.7. The van der Waals surface area contributed by atoms with E-state index >= 15 is 0 Å². The van der Waals surface area contributed by atoms with Gasteiger partial charge in [0.1, 0.15) is 11.5 Å². The quantitative estimate of drug-likeness (QED) is 0.228. The Bertz CT molecular complexity index is 1870. The number of nitrogens with zero attached hydrogens (tertiary/aromatic N) is 2. The molecule has 1 aliphatic heterocycles. The van der Waals surface area contributed by atoms with E-state index in [1.807, 2.05) is 37.3 Å². The number of carbonyl (C=O) groups is 2. The molecule has 0 bridgehead atoms. The fourth-order valence-electron chi connectivity index (χ4n) is 5.13. The second-order valence-corrected chi connectivity index (χ2v) is 11.5. The van der Waals surface area contributed by atoms with Crippen molar-refractivity contribution in [3.8, 4) is 11.3 Å². The predicted molar refractivity (Wildman–Crippen MR) is 166 cm³/mol. The summed E-state index contributed by atoms with van der Waals surface area (Å²) in [6.07, 6.45) is 3.04. The van der Waals surface area contributed by atoms with Crippen LogP contribution in [0.2, 0.25) is 0 Å². The van der Waals surface area contributed by atoms with Crippen LogP contribution in [0.4, 0.5) is 0 Å². The Morgan fingerprint density at radius 2 is 1.84 bits per heavy atom. The highest BCUT2D eigenvalue weighted by molar-refractivity contribution is 7.07. The summed E-state index contributed by atoms with van der Waals surface area (Å²) in [7, 11) is 1.34. The van der Waals surface area contributed by atoms with Crippen molar-refractivity contribution < 1.29 is 23.5 Å². The Labute approximate surface area is 253 Å². The standard InChI is InChI=1S/C34H34N2O6S/c1-6-9-26-29(33(39)41-7-2)30(22-14-12-21(13-15-22)20(3)4)36-31(37)28(43-34(36)35-26)19-25-16-17-27(42-25)23-10-8-11-24(18-23)32(38)40-5/h8,10-20,30H,6-7,9H2,1-5H3/b28-19-/t30-/m0/s1. The van der Waals surface area contributed by atoms with Crippen LogP contribution in [-0.2, 0) is 14.3 Å². The molecule has 222 valence electrons. The molecule has 9 heteroatoms. The minimum atomic E-state index is -0.673. The fourth-order valence-corrected chi connectivity index (χ4v) is 6.13. The monoisotopic (exact) mass is 598 g/mol. The van der Waals surface area contributed by atoms with Crippen molar-refractivity contribution in [2.24, 2.45) is 4.99 Å². The summed E-state index contributed by atoms with van der Waals surface area (Å²) in [5.41, 5.74) is 3.85. The first-order valence-corrected chi connectivity index (χ1v) is 15.2. The second-order valence-electron chi connectivity index (χ2n) is 10.5. The predicted octanol–water partition coefficient (Wildman–Crippen LogP) is 5.75. The Balaban J connectivity index is 1.63. The lowest BCUT2D eigenvalue weighted by atomic mass is 9.92. The first-order valence-electron chi connectivity index (χ1n) is 14.4. The Hall–Kier alpha value is -4.50. The summed E-state index contributed by atoms with van der Waals surface area (Å²) in [4.78, 5) is 44.7. The molecule has 0 N–H and O–H groups in total. The summed E-state index contributed by atoms with van der Waals surface area (Å²) in [6.45, 7) is 8.26. The molecule has 2 aromatic carbocycles. The number of rotatable bonds is 9. The number of esters is 2. The summed E-state index contributed by atoms with van der Waals surface area (Å²) >= 11 is 1.26. The molecular weight excluding hydrogens is 564 g/mol. The van der Waals surface area contributed by atoms with Gasteiger partial charge in [0.25, 0.3) is 5.56 Å². The van der Waals surface area contributed by atoms with Gasteiger partial charge in [-0.05, 0) is 54.7 Å². The highest BCUT2D eigenvalue weighted by atomic mass is 32.1. The molecule has 4 aromatic rings. The summed E-state index contributed by atoms with van der Waals surface area (Å²) in [5.74, 6) is 0.454. The SMILES string of the molecule is CCCC1=C(C(=O)OCC)[C@H](c2ccc(C(C)C)cc2)n2c(s/c(=C\c3ccc(-c4cccc(C(=O)OC)c4)o3)c2=O)=N1. The molecule has 0 saturated carbocycles. The van der Waals surface area contributed by atoms with Crippen LogP contribution in [0.3, 0.4) is 0 Å². The van der Waals surface area contributed by atoms with E-state index in [2.05, 4.69) is 13.8 Å². The van der Waals surface area contributed by atoms with E-state index in [1.54, 1.807) is 47.9 Å². The number of hydrogen-bond donors (Lipinski definition) is 0. The minimum Gasteiger partial charge on any atom is -0.465 e. The molecule has 0 spiro atoms. The van der Waals surface area contributed by atoms with E-state index in [0.717, 1.165) is 17.5 Å². The van der Waals surface area contributed by atoms with Crippen LogP contribution in [0, 0.1) is 0 Å². The molecule has 1 aliphatic rings. The van der Waals surface area contributed by atoms with Crippen molar-refractivity contribution in [1.29, 1.82) is 0 Å². The van der Waals surface area contributed by atoms with Gasteiger partial charge in [-0.1, -0.05) is 74.9 Å². The van der Waals surface area contributed by atoms with Crippen LogP contribution in [0.5, 0.6) is 0 Å². The van der Waals surface area contributed by atoms with E-state index in [9.17, 15) is 14.4 Å². The van der Waals surface area contributed by atoms with Crippen LogP contribution in [0.1, 0.15) is 79.7 Å². The van der Waals surface area contributed by atoms with E-state index in [0.29, 0.717) is 55.6 Å². The maximum Gasteiger partial charge on any atom is 0.338 e. The Kier molecular flexibility index (Phi) is 8.92. The van der Waals surface area contributed by atoms with Crippen LogP contribution in [0.15, 0.2) is 86.1 Å². The molecule has 2 aromatic heterocycles.